The standard InChI is InChI=1S/C19H25FN2/c1-12-8-18(20)14(3)21-19(9-13(12)2)15(4)22-10-16-6-5-7-17(16)11-22/h8-9,16-17,21H,2,4-7,10-11H2,1,3H3/b12-8-,18-14+,19-9-. The molecule has 2 nitrogen and oxygen atoms in total. The van der Waals surface area contributed by atoms with Crippen molar-refractivity contribution in [3.63, 3.8) is 0 Å². The summed E-state index contributed by atoms with van der Waals surface area (Å²) < 4.78 is 14.1. The highest BCUT2D eigenvalue weighted by atomic mass is 19.1. The minimum Gasteiger partial charge on any atom is -0.370 e. The van der Waals surface area contributed by atoms with Crippen LogP contribution >= 0.6 is 0 Å². The molecule has 1 aliphatic carbocycles. The molecule has 2 heterocycles. The maximum absolute atomic E-state index is 14.1. The number of hydrogen-bond acceptors (Lipinski definition) is 2. The lowest BCUT2D eigenvalue weighted by Crippen LogP contribution is -2.27. The SMILES string of the molecule is C=C1/C=C(/C(=C)N2CC3CCCC3C2)N/C(C)=C(F)\C=C/1C. The quantitative estimate of drug-likeness (QED) is 0.812. The van der Waals surface area contributed by atoms with Crippen LogP contribution in [-0.4, -0.2) is 18.0 Å². The topological polar surface area (TPSA) is 15.3 Å². The number of likely N-dealkylation sites (tertiary alicyclic amines) is 1. The lowest BCUT2D eigenvalue weighted by molar-refractivity contribution is 0.391. The number of rotatable bonds is 2. The highest BCUT2D eigenvalue weighted by Crippen LogP contribution is 2.39. The molecule has 1 N–H and O–H groups in total. The molecule has 22 heavy (non-hydrogen) atoms. The van der Waals surface area contributed by atoms with E-state index in [-0.39, 0.29) is 5.83 Å². The van der Waals surface area contributed by atoms with Gasteiger partial charge in [0.1, 0.15) is 5.83 Å². The van der Waals surface area contributed by atoms with Gasteiger partial charge in [0.2, 0.25) is 0 Å². The summed E-state index contributed by atoms with van der Waals surface area (Å²) >= 11 is 0. The van der Waals surface area contributed by atoms with Crippen LogP contribution in [0.2, 0.25) is 0 Å². The monoisotopic (exact) mass is 300 g/mol. The third-order valence-electron chi connectivity index (χ3n) is 5.27. The molecule has 0 amide bonds. The molecule has 118 valence electrons. The van der Waals surface area contributed by atoms with Gasteiger partial charge in [0.25, 0.3) is 0 Å². The normalized spacial score (nSPS) is 36.7. The predicted molar refractivity (Wildman–Crippen MR) is 89.5 cm³/mol. The second-order valence-corrected chi connectivity index (χ2v) is 6.81. The molecule has 2 unspecified atom stereocenters. The van der Waals surface area contributed by atoms with Crippen molar-refractivity contribution < 1.29 is 4.39 Å². The van der Waals surface area contributed by atoms with E-state index in [9.17, 15) is 4.39 Å². The second-order valence-electron chi connectivity index (χ2n) is 6.81. The summed E-state index contributed by atoms with van der Waals surface area (Å²) in [5.74, 6) is 1.38. The van der Waals surface area contributed by atoms with E-state index >= 15 is 0 Å². The molecule has 0 aromatic heterocycles. The van der Waals surface area contributed by atoms with Gasteiger partial charge in [-0.2, -0.15) is 0 Å². The fourth-order valence-electron chi connectivity index (χ4n) is 3.76. The maximum Gasteiger partial charge on any atom is 0.142 e. The average molecular weight is 300 g/mol. The van der Waals surface area contributed by atoms with Gasteiger partial charge in [0, 0.05) is 18.8 Å². The smallest absolute Gasteiger partial charge is 0.142 e. The van der Waals surface area contributed by atoms with Gasteiger partial charge in [-0.3, -0.25) is 0 Å². The molecule has 0 bridgehead atoms. The maximum atomic E-state index is 14.1. The number of nitrogens with one attached hydrogen (secondary N) is 1. The average Bonchev–Trinajstić information content (AvgIpc) is 3.05. The van der Waals surface area contributed by atoms with Crippen LogP contribution in [-0.2, 0) is 0 Å². The van der Waals surface area contributed by atoms with Crippen molar-refractivity contribution in [2.75, 3.05) is 13.1 Å². The molecule has 3 rings (SSSR count). The Bertz CT molecular complexity index is 597. The van der Waals surface area contributed by atoms with Gasteiger partial charge >= 0.3 is 0 Å². The Kier molecular flexibility index (Phi) is 3.98. The fourth-order valence-corrected chi connectivity index (χ4v) is 3.76. The molecule has 0 spiro atoms. The summed E-state index contributed by atoms with van der Waals surface area (Å²) in [7, 11) is 0. The Morgan fingerprint density at radius 2 is 1.86 bits per heavy atom. The second kappa shape index (κ2) is 5.79. The number of allylic oxidation sites excluding steroid dienone is 6. The lowest BCUT2D eigenvalue weighted by Gasteiger charge is -2.26. The third-order valence-corrected chi connectivity index (χ3v) is 5.27. The first-order chi connectivity index (χ1) is 10.5. The molecule has 1 saturated carbocycles. The van der Waals surface area contributed by atoms with Crippen LogP contribution in [0.4, 0.5) is 4.39 Å². The number of halogens is 1. The molecular formula is C19H25FN2. The molecule has 0 aromatic carbocycles. The van der Waals surface area contributed by atoms with E-state index in [2.05, 4.69) is 23.4 Å². The van der Waals surface area contributed by atoms with Crippen molar-refractivity contribution in [2.45, 2.75) is 33.1 Å². The van der Waals surface area contributed by atoms with Gasteiger partial charge in [-0.05, 0) is 61.8 Å². The van der Waals surface area contributed by atoms with E-state index in [1.807, 2.05) is 13.0 Å². The highest BCUT2D eigenvalue weighted by Gasteiger charge is 2.37. The summed E-state index contributed by atoms with van der Waals surface area (Å²) in [6, 6.07) is 0. The van der Waals surface area contributed by atoms with Crippen LogP contribution in [0, 0.1) is 11.8 Å². The van der Waals surface area contributed by atoms with Crippen LogP contribution < -0.4 is 5.32 Å². The van der Waals surface area contributed by atoms with E-state index in [0.717, 1.165) is 47.5 Å². The van der Waals surface area contributed by atoms with Crippen LogP contribution in [0.1, 0.15) is 33.1 Å². The van der Waals surface area contributed by atoms with Gasteiger partial charge in [-0.15, -0.1) is 0 Å². The van der Waals surface area contributed by atoms with Crippen molar-refractivity contribution in [3.8, 4) is 0 Å². The van der Waals surface area contributed by atoms with E-state index in [1.54, 1.807) is 6.92 Å². The van der Waals surface area contributed by atoms with Crippen molar-refractivity contribution >= 4 is 0 Å². The third kappa shape index (κ3) is 2.77. The molecular weight excluding hydrogens is 275 g/mol. The summed E-state index contributed by atoms with van der Waals surface area (Å²) in [6.45, 7) is 14.1. The van der Waals surface area contributed by atoms with Crippen molar-refractivity contribution in [3.05, 3.63) is 59.4 Å². The summed E-state index contributed by atoms with van der Waals surface area (Å²) in [5, 5.41) is 3.18. The first-order valence-corrected chi connectivity index (χ1v) is 8.12. The Labute approximate surface area is 132 Å². The van der Waals surface area contributed by atoms with Gasteiger partial charge in [-0.25, -0.2) is 4.39 Å². The summed E-state index contributed by atoms with van der Waals surface area (Å²) in [4.78, 5) is 2.35. The van der Waals surface area contributed by atoms with Crippen LogP contribution in [0.5, 0.6) is 0 Å². The molecule has 3 aliphatic rings. The Balaban J connectivity index is 1.82. The van der Waals surface area contributed by atoms with Crippen molar-refractivity contribution in [1.82, 2.24) is 10.2 Å². The first-order valence-electron chi connectivity index (χ1n) is 8.12. The minimum atomic E-state index is -0.240. The predicted octanol–water partition coefficient (Wildman–Crippen LogP) is 4.42. The zero-order valence-corrected chi connectivity index (χ0v) is 13.6. The minimum absolute atomic E-state index is 0.240. The Morgan fingerprint density at radius 1 is 1.23 bits per heavy atom. The van der Waals surface area contributed by atoms with Crippen LogP contribution in [0.25, 0.3) is 0 Å². The van der Waals surface area contributed by atoms with E-state index in [1.165, 1.54) is 25.3 Å². The number of hydrogen-bond donors (Lipinski definition) is 1. The fraction of sp³-hybridized carbons (Fsp3) is 0.474. The summed E-state index contributed by atoms with van der Waals surface area (Å²) in [5.41, 5.74) is 4.02. The van der Waals surface area contributed by atoms with Crippen LogP contribution in [0.15, 0.2) is 59.4 Å². The van der Waals surface area contributed by atoms with Crippen molar-refractivity contribution in [1.29, 1.82) is 0 Å². The van der Waals surface area contributed by atoms with Crippen LogP contribution in [0.3, 0.4) is 0 Å². The first kappa shape index (κ1) is 15.1. The highest BCUT2D eigenvalue weighted by molar-refractivity contribution is 5.47. The number of nitrogens with zero attached hydrogens (tertiary/aromatic N) is 1. The van der Waals surface area contributed by atoms with Gasteiger partial charge in [-0.1, -0.05) is 19.6 Å². The molecule has 0 aromatic rings. The summed E-state index contributed by atoms with van der Waals surface area (Å²) in [6.07, 6.45) is 7.55. The zero-order chi connectivity index (χ0) is 15.9. The molecule has 0 radical (unpaired) electrons. The molecule has 2 fully saturated rings. The molecule has 3 heteroatoms. The largest absolute Gasteiger partial charge is 0.370 e. The molecule has 2 aliphatic heterocycles. The van der Waals surface area contributed by atoms with Gasteiger partial charge in [0.05, 0.1) is 11.4 Å². The zero-order valence-electron chi connectivity index (χ0n) is 13.6. The van der Waals surface area contributed by atoms with Gasteiger partial charge < -0.3 is 10.2 Å². The van der Waals surface area contributed by atoms with Gasteiger partial charge in [0.15, 0.2) is 0 Å². The lowest BCUT2D eigenvalue weighted by atomic mass is 10.0. The Hall–Kier alpha value is -1.77. The van der Waals surface area contributed by atoms with E-state index in [4.69, 9.17) is 0 Å². The number of fused-ring (bicyclic) bond motifs is 1. The van der Waals surface area contributed by atoms with E-state index < -0.39 is 0 Å². The van der Waals surface area contributed by atoms with Crippen molar-refractivity contribution in [2.24, 2.45) is 11.8 Å². The molecule has 2 atom stereocenters. The Morgan fingerprint density at radius 3 is 2.50 bits per heavy atom. The molecule has 1 saturated heterocycles. The van der Waals surface area contributed by atoms with E-state index in [0.29, 0.717) is 5.70 Å².